The highest BCUT2D eigenvalue weighted by Crippen LogP contribution is 2.53. The normalized spacial score (nSPS) is 25.6. The molecule has 0 aromatic heterocycles. The summed E-state index contributed by atoms with van der Waals surface area (Å²) in [4.78, 5) is 51.2. The van der Waals surface area contributed by atoms with Crippen molar-refractivity contribution in [2.24, 2.45) is 23.7 Å². The van der Waals surface area contributed by atoms with Gasteiger partial charge in [-0.25, -0.2) is 4.79 Å². The van der Waals surface area contributed by atoms with E-state index in [1.165, 1.54) is 17.0 Å². The summed E-state index contributed by atoms with van der Waals surface area (Å²) in [5.74, 6) is -1.68. The number of amides is 3. The maximum absolute atomic E-state index is 12.9. The lowest BCUT2D eigenvalue weighted by atomic mass is 9.85. The minimum Gasteiger partial charge on any atom is -0.452 e. The van der Waals surface area contributed by atoms with E-state index in [1.807, 2.05) is 18.2 Å². The van der Waals surface area contributed by atoms with Crippen LogP contribution < -0.4 is 10.2 Å². The number of fused-ring (bicyclic) bond motifs is 5. The highest BCUT2D eigenvalue weighted by atomic mass is 16.5. The maximum atomic E-state index is 12.9. The van der Waals surface area contributed by atoms with Crippen molar-refractivity contribution in [1.82, 2.24) is 0 Å². The Morgan fingerprint density at radius 1 is 0.903 bits per heavy atom. The lowest BCUT2D eigenvalue weighted by Gasteiger charge is -2.17. The van der Waals surface area contributed by atoms with Gasteiger partial charge >= 0.3 is 5.97 Å². The van der Waals surface area contributed by atoms with Crippen molar-refractivity contribution in [3.05, 3.63) is 72.3 Å². The molecule has 7 heteroatoms. The van der Waals surface area contributed by atoms with Crippen molar-refractivity contribution in [2.75, 3.05) is 16.8 Å². The monoisotopic (exact) mass is 416 g/mol. The summed E-state index contributed by atoms with van der Waals surface area (Å²) in [6, 6.07) is 15.0. The largest absolute Gasteiger partial charge is 0.452 e. The van der Waals surface area contributed by atoms with Gasteiger partial charge in [-0.1, -0.05) is 30.4 Å². The first-order valence-electron chi connectivity index (χ1n) is 10.2. The summed E-state index contributed by atoms with van der Waals surface area (Å²) in [7, 11) is 0. The molecule has 0 unspecified atom stereocenters. The molecule has 31 heavy (non-hydrogen) atoms. The van der Waals surface area contributed by atoms with Crippen molar-refractivity contribution < 1.29 is 23.9 Å². The van der Waals surface area contributed by atoms with Crippen LogP contribution in [0.4, 0.5) is 11.4 Å². The van der Waals surface area contributed by atoms with Crippen molar-refractivity contribution in [3.63, 3.8) is 0 Å². The molecule has 2 aromatic carbocycles. The minimum atomic E-state index is -0.659. The molecule has 2 bridgehead atoms. The summed E-state index contributed by atoms with van der Waals surface area (Å²) in [6.45, 7) is -0.419. The van der Waals surface area contributed by atoms with E-state index >= 15 is 0 Å². The second-order valence-corrected chi connectivity index (χ2v) is 8.05. The Morgan fingerprint density at radius 3 is 2.13 bits per heavy atom. The molecule has 3 aliphatic rings. The van der Waals surface area contributed by atoms with Crippen LogP contribution in [0.2, 0.25) is 0 Å². The predicted octanol–water partition coefficient (Wildman–Crippen LogP) is 2.79. The third kappa shape index (κ3) is 3.32. The molecule has 1 saturated heterocycles. The van der Waals surface area contributed by atoms with E-state index in [0.29, 0.717) is 11.4 Å². The zero-order valence-corrected chi connectivity index (χ0v) is 16.6. The second-order valence-electron chi connectivity index (χ2n) is 8.05. The van der Waals surface area contributed by atoms with Crippen molar-refractivity contribution in [3.8, 4) is 0 Å². The molecule has 1 heterocycles. The number of rotatable bonds is 5. The van der Waals surface area contributed by atoms with E-state index in [9.17, 15) is 19.2 Å². The number of ether oxygens (including phenoxy) is 1. The quantitative estimate of drug-likeness (QED) is 0.460. The van der Waals surface area contributed by atoms with E-state index in [2.05, 4.69) is 5.32 Å². The van der Waals surface area contributed by atoms with E-state index in [4.69, 9.17) is 4.74 Å². The Kier molecular flexibility index (Phi) is 4.66. The number of para-hydroxylation sites is 1. The molecular formula is C24H20N2O5. The summed E-state index contributed by atoms with van der Waals surface area (Å²) < 4.78 is 5.06. The van der Waals surface area contributed by atoms with E-state index < -0.39 is 18.5 Å². The van der Waals surface area contributed by atoms with Gasteiger partial charge in [0.25, 0.3) is 5.91 Å². The van der Waals surface area contributed by atoms with Crippen molar-refractivity contribution in [1.29, 1.82) is 0 Å². The highest BCUT2D eigenvalue weighted by Gasteiger charge is 2.59. The first-order valence-corrected chi connectivity index (χ1v) is 10.2. The molecule has 1 aliphatic heterocycles. The Bertz CT molecular complexity index is 1060. The van der Waals surface area contributed by atoms with Gasteiger partial charge in [-0.05, 0) is 54.7 Å². The van der Waals surface area contributed by atoms with Crippen LogP contribution in [0.1, 0.15) is 16.8 Å². The first-order chi connectivity index (χ1) is 15.0. The van der Waals surface area contributed by atoms with E-state index in [0.717, 1.165) is 6.42 Å². The molecule has 2 aromatic rings. The van der Waals surface area contributed by atoms with E-state index in [-0.39, 0.29) is 41.0 Å². The minimum absolute atomic E-state index is 0.146. The number of esters is 1. The molecule has 1 N–H and O–H groups in total. The predicted molar refractivity (Wildman–Crippen MR) is 112 cm³/mol. The highest BCUT2D eigenvalue weighted by molar-refractivity contribution is 6.22. The summed E-state index contributed by atoms with van der Waals surface area (Å²) in [6.07, 6.45) is 4.98. The SMILES string of the molecule is O=C(COC(=O)c1ccc(N2C(=O)[C@@H]3[C@H](C2=O)[C@@H]2C=C[C@H]3C2)cc1)Nc1ccccc1. The van der Waals surface area contributed by atoms with Crippen LogP contribution in [0.25, 0.3) is 0 Å². The molecule has 5 rings (SSSR count). The fourth-order valence-corrected chi connectivity index (χ4v) is 4.84. The third-order valence-corrected chi connectivity index (χ3v) is 6.22. The lowest BCUT2D eigenvalue weighted by Crippen LogP contribution is -2.32. The average molecular weight is 416 g/mol. The lowest BCUT2D eigenvalue weighted by molar-refractivity contribution is -0.123. The topological polar surface area (TPSA) is 92.8 Å². The number of carbonyl (C=O) groups excluding carboxylic acids is 4. The van der Waals surface area contributed by atoms with Crippen LogP contribution >= 0.6 is 0 Å². The summed E-state index contributed by atoms with van der Waals surface area (Å²) >= 11 is 0. The van der Waals surface area contributed by atoms with Crippen LogP contribution in [-0.4, -0.2) is 30.3 Å². The van der Waals surface area contributed by atoms with Gasteiger partial charge in [-0.2, -0.15) is 0 Å². The number of nitrogens with zero attached hydrogens (tertiary/aromatic N) is 1. The van der Waals surface area contributed by atoms with Crippen LogP contribution in [0.5, 0.6) is 0 Å². The molecule has 7 nitrogen and oxygen atoms in total. The average Bonchev–Trinajstić information content (AvgIpc) is 3.47. The number of hydrogen-bond donors (Lipinski definition) is 1. The molecule has 4 atom stereocenters. The van der Waals surface area contributed by atoms with Gasteiger partial charge in [0, 0.05) is 5.69 Å². The molecule has 2 aliphatic carbocycles. The number of carbonyl (C=O) groups is 4. The van der Waals surface area contributed by atoms with Crippen LogP contribution in [0.3, 0.4) is 0 Å². The summed E-state index contributed by atoms with van der Waals surface area (Å²) in [5.41, 5.74) is 1.29. The first kappa shape index (κ1) is 19.2. The third-order valence-electron chi connectivity index (χ3n) is 6.22. The van der Waals surface area contributed by atoms with Crippen molar-refractivity contribution in [2.45, 2.75) is 6.42 Å². The fraction of sp³-hybridized carbons (Fsp3) is 0.250. The number of hydrogen-bond acceptors (Lipinski definition) is 5. The Labute approximate surface area is 178 Å². The van der Waals surface area contributed by atoms with Crippen LogP contribution in [-0.2, 0) is 19.1 Å². The van der Waals surface area contributed by atoms with Crippen LogP contribution in [0.15, 0.2) is 66.7 Å². The molecular weight excluding hydrogens is 396 g/mol. The Morgan fingerprint density at radius 2 is 1.52 bits per heavy atom. The number of nitrogens with one attached hydrogen (secondary N) is 1. The zero-order valence-electron chi connectivity index (χ0n) is 16.6. The van der Waals surface area contributed by atoms with Gasteiger partial charge in [0.2, 0.25) is 11.8 Å². The Balaban J connectivity index is 1.21. The zero-order chi connectivity index (χ0) is 21.5. The van der Waals surface area contributed by atoms with Crippen molar-refractivity contribution >= 4 is 35.1 Å². The van der Waals surface area contributed by atoms with Gasteiger partial charge < -0.3 is 10.1 Å². The van der Waals surface area contributed by atoms with Gasteiger partial charge in [0.05, 0.1) is 23.1 Å². The molecule has 156 valence electrons. The Hall–Kier alpha value is -3.74. The molecule has 0 radical (unpaired) electrons. The molecule has 3 amide bonds. The number of anilines is 2. The molecule has 2 fully saturated rings. The molecule has 1 saturated carbocycles. The number of benzene rings is 2. The van der Waals surface area contributed by atoms with Gasteiger partial charge in [-0.15, -0.1) is 0 Å². The fourth-order valence-electron chi connectivity index (χ4n) is 4.84. The van der Waals surface area contributed by atoms with Gasteiger partial charge in [0.1, 0.15) is 0 Å². The number of allylic oxidation sites excluding steroid dienone is 2. The number of imide groups is 1. The van der Waals surface area contributed by atoms with Gasteiger partial charge in [0.15, 0.2) is 6.61 Å². The second kappa shape index (κ2) is 7.50. The standard InChI is InChI=1S/C24H20N2O5/c27-19(25-17-4-2-1-3-5-17)13-31-24(30)14-8-10-18(11-9-14)26-22(28)20-15-6-7-16(12-15)21(20)23(26)29/h1-11,15-16,20-21H,12-13H2,(H,25,27)/t15-,16+,20-,21+. The smallest absolute Gasteiger partial charge is 0.338 e. The maximum Gasteiger partial charge on any atom is 0.338 e. The van der Waals surface area contributed by atoms with Gasteiger partial charge in [-0.3, -0.25) is 19.3 Å². The summed E-state index contributed by atoms with van der Waals surface area (Å²) in [5, 5.41) is 2.63. The van der Waals surface area contributed by atoms with E-state index in [1.54, 1.807) is 36.4 Å². The van der Waals surface area contributed by atoms with Crippen LogP contribution in [0, 0.1) is 23.7 Å². The molecule has 0 spiro atoms.